The molecule has 1 aromatic heterocycles. The smallest absolute Gasteiger partial charge is 0.195 e. The minimum absolute atomic E-state index is 0.0329. The van der Waals surface area contributed by atoms with Gasteiger partial charge in [-0.1, -0.05) is 23.7 Å². The number of aromatic amines is 1. The monoisotopic (exact) mass is 347 g/mol. The van der Waals surface area contributed by atoms with Crippen molar-refractivity contribution in [1.29, 1.82) is 0 Å². The molecule has 4 heteroatoms. The number of hydrogen-bond donors (Lipinski definition) is 1. The summed E-state index contributed by atoms with van der Waals surface area (Å²) in [5.41, 5.74) is 3.37. The van der Waals surface area contributed by atoms with Crippen molar-refractivity contribution in [2.75, 3.05) is 0 Å². The van der Waals surface area contributed by atoms with Crippen LogP contribution in [-0.2, 0) is 0 Å². The second kappa shape index (κ2) is 5.08. The molecule has 0 radical (unpaired) electrons. The van der Waals surface area contributed by atoms with E-state index in [4.69, 9.17) is 11.6 Å². The van der Waals surface area contributed by atoms with E-state index in [1.54, 1.807) is 24.4 Å². The molecule has 0 saturated heterocycles. The summed E-state index contributed by atoms with van der Waals surface area (Å²) in [4.78, 5) is 15.7. The lowest BCUT2D eigenvalue weighted by Crippen LogP contribution is -2.00. The lowest BCUT2D eigenvalue weighted by Gasteiger charge is -2.02. The average Bonchev–Trinajstić information content (AvgIpc) is 2.84. The molecule has 1 heterocycles. The number of hydrogen-bond acceptors (Lipinski definition) is 1. The zero-order valence-corrected chi connectivity index (χ0v) is 13.0. The molecule has 0 unspecified atom stereocenters. The van der Waals surface area contributed by atoms with Crippen molar-refractivity contribution in [3.05, 3.63) is 68.8 Å². The first-order valence-electron chi connectivity index (χ1n) is 6.14. The van der Waals surface area contributed by atoms with E-state index in [2.05, 4.69) is 20.9 Å². The summed E-state index contributed by atoms with van der Waals surface area (Å²) in [5, 5.41) is 1.46. The Balaban J connectivity index is 2.10. The molecule has 3 rings (SSSR count). The van der Waals surface area contributed by atoms with E-state index in [0.717, 1.165) is 20.9 Å². The molecule has 0 aliphatic rings. The Bertz CT molecular complexity index is 822. The van der Waals surface area contributed by atoms with E-state index in [1.165, 1.54) is 0 Å². The number of H-pyrrole nitrogens is 1. The molecule has 0 spiro atoms. The van der Waals surface area contributed by atoms with Crippen LogP contribution < -0.4 is 0 Å². The third-order valence-corrected chi connectivity index (χ3v) is 4.50. The highest BCUT2D eigenvalue weighted by atomic mass is 79.9. The fraction of sp³-hybridized carbons (Fsp3) is 0.0625. The highest BCUT2D eigenvalue weighted by Crippen LogP contribution is 2.26. The van der Waals surface area contributed by atoms with Crippen LogP contribution in [0.15, 0.2) is 47.1 Å². The van der Waals surface area contributed by atoms with E-state index < -0.39 is 0 Å². The third kappa shape index (κ3) is 2.28. The van der Waals surface area contributed by atoms with Crippen molar-refractivity contribution in [2.24, 2.45) is 0 Å². The van der Waals surface area contributed by atoms with E-state index in [-0.39, 0.29) is 5.78 Å². The molecule has 0 bridgehead atoms. The zero-order valence-electron chi connectivity index (χ0n) is 10.7. The van der Waals surface area contributed by atoms with Gasteiger partial charge in [0.05, 0.1) is 5.02 Å². The molecule has 100 valence electrons. The summed E-state index contributed by atoms with van der Waals surface area (Å²) in [6.45, 7) is 2.02. The topological polar surface area (TPSA) is 32.9 Å². The molecule has 0 aliphatic carbocycles. The van der Waals surface area contributed by atoms with Gasteiger partial charge >= 0.3 is 0 Å². The number of ketones is 1. The van der Waals surface area contributed by atoms with Crippen LogP contribution in [0.3, 0.4) is 0 Å². The van der Waals surface area contributed by atoms with Crippen LogP contribution in [0.5, 0.6) is 0 Å². The summed E-state index contributed by atoms with van der Waals surface area (Å²) < 4.78 is 0.783. The summed E-state index contributed by atoms with van der Waals surface area (Å²) in [5.74, 6) is -0.0329. The number of aromatic nitrogens is 1. The number of halogens is 2. The summed E-state index contributed by atoms with van der Waals surface area (Å²) in [7, 11) is 0. The Hall–Kier alpha value is -1.58. The Kier molecular flexibility index (Phi) is 3.40. The Labute approximate surface area is 129 Å². The van der Waals surface area contributed by atoms with Crippen molar-refractivity contribution in [2.45, 2.75) is 6.92 Å². The average molecular weight is 349 g/mol. The maximum absolute atomic E-state index is 12.6. The van der Waals surface area contributed by atoms with E-state index >= 15 is 0 Å². The summed E-state index contributed by atoms with van der Waals surface area (Å²) >= 11 is 9.38. The van der Waals surface area contributed by atoms with Crippen LogP contribution in [0.1, 0.15) is 21.5 Å². The predicted octanol–water partition coefficient (Wildman–Crippen LogP) is 5.12. The van der Waals surface area contributed by atoms with Gasteiger partial charge in [-0.2, -0.15) is 0 Å². The van der Waals surface area contributed by atoms with E-state index in [0.29, 0.717) is 16.1 Å². The van der Waals surface area contributed by atoms with Crippen molar-refractivity contribution in [1.82, 2.24) is 4.98 Å². The fourth-order valence-electron chi connectivity index (χ4n) is 2.22. The maximum atomic E-state index is 12.6. The quantitative estimate of drug-likeness (QED) is 0.640. The highest BCUT2D eigenvalue weighted by molar-refractivity contribution is 9.10. The summed E-state index contributed by atoms with van der Waals surface area (Å²) in [6.07, 6.45) is 1.75. The molecule has 2 aromatic carbocycles. The van der Waals surface area contributed by atoms with E-state index in [1.807, 2.05) is 25.1 Å². The molecular weight excluding hydrogens is 338 g/mol. The molecule has 0 saturated carbocycles. The van der Waals surface area contributed by atoms with Gasteiger partial charge in [-0.3, -0.25) is 4.79 Å². The van der Waals surface area contributed by atoms with Crippen LogP contribution in [0.25, 0.3) is 10.9 Å². The lowest BCUT2D eigenvalue weighted by atomic mass is 10.0. The molecule has 0 fully saturated rings. The van der Waals surface area contributed by atoms with Gasteiger partial charge in [0.2, 0.25) is 0 Å². The zero-order chi connectivity index (χ0) is 14.3. The summed E-state index contributed by atoms with van der Waals surface area (Å²) in [6, 6.07) is 11.2. The normalized spacial score (nSPS) is 10.9. The molecular formula is C16H11BrClNO. The molecule has 20 heavy (non-hydrogen) atoms. The first kappa shape index (κ1) is 13.4. The van der Waals surface area contributed by atoms with Gasteiger partial charge in [0.1, 0.15) is 0 Å². The molecule has 0 atom stereocenters. The van der Waals surface area contributed by atoms with Crippen molar-refractivity contribution < 1.29 is 4.79 Å². The minimum Gasteiger partial charge on any atom is -0.360 e. The number of rotatable bonds is 2. The first-order chi connectivity index (χ1) is 9.56. The Morgan fingerprint density at radius 1 is 1.20 bits per heavy atom. The number of carbonyl (C=O) groups excluding carboxylic acids is 1. The first-order valence-corrected chi connectivity index (χ1v) is 7.31. The standard InChI is InChI=1S/C16H11BrClNO/c1-9-2-4-11-12(8-19-15(11)6-9)16(20)10-3-5-13(17)14(18)7-10/h2-8,19H,1H3. The van der Waals surface area contributed by atoms with Gasteiger partial charge in [-0.25, -0.2) is 0 Å². The fourth-order valence-corrected chi connectivity index (χ4v) is 2.65. The molecule has 2 nitrogen and oxygen atoms in total. The number of fused-ring (bicyclic) bond motifs is 1. The molecule has 0 amide bonds. The van der Waals surface area contributed by atoms with Gasteiger partial charge in [-0.05, 0) is 52.7 Å². The van der Waals surface area contributed by atoms with Gasteiger partial charge in [-0.15, -0.1) is 0 Å². The van der Waals surface area contributed by atoms with Crippen molar-refractivity contribution in [3.8, 4) is 0 Å². The Morgan fingerprint density at radius 2 is 2.00 bits per heavy atom. The highest BCUT2D eigenvalue weighted by Gasteiger charge is 2.15. The number of nitrogens with one attached hydrogen (secondary N) is 1. The van der Waals surface area contributed by atoms with Gasteiger partial charge in [0.15, 0.2) is 5.78 Å². The molecule has 1 N–H and O–H groups in total. The Morgan fingerprint density at radius 3 is 2.75 bits per heavy atom. The second-order valence-electron chi connectivity index (χ2n) is 4.71. The third-order valence-electron chi connectivity index (χ3n) is 3.26. The van der Waals surface area contributed by atoms with Crippen LogP contribution in [0, 0.1) is 6.92 Å². The van der Waals surface area contributed by atoms with Crippen LogP contribution in [0.4, 0.5) is 0 Å². The minimum atomic E-state index is -0.0329. The van der Waals surface area contributed by atoms with Crippen LogP contribution >= 0.6 is 27.5 Å². The number of aryl methyl sites for hydroxylation is 1. The number of benzene rings is 2. The van der Waals surface area contributed by atoms with Crippen molar-refractivity contribution in [3.63, 3.8) is 0 Å². The van der Waals surface area contributed by atoms with Gasteiger partial charge < -0.3 is 4.98 Å². The second-order valence-corrected chi connectivity index (χ2v) is 5.97. The van der Waals surface area contributed by atoms with Crippen LogP contribution in [-0.4, -0.2) is 10.8 Å². The predicted molar refractivity (Wildman–Crippen MR) is 85.6 cm³/mol. The lowest BCUT2D eigenvalue weighted by molar-refractivity contribution is 0.104. The SMILES string of the molecule is Cc1ccc2c(C(=O)c3ccc(Br)c(Cl)c3)c[nH]c2c1. The molecule has 3 aromatic rings. The maximum Gasteiger partial charge on any atom is 0.195 e. The van der Waals surface area contributed by atoms with Crippen molar-refractivity contribution >= 4 is 44.2 Å². The van der Waals surface area contributed by atoms with Crippen LogP contribution in [0.2, 0.25) is 5.02 Å². The van der Waals surface area contributed by atoms with E-state index in [9.17, 15) is 4.79 Å². The largest absolute Gasteiger partial charge is 0.360 e. The molecule has 0 aliphatic heterocycles. The van der Waals surface area contributed by atoms with Gasteiger partial charge in [0, 0.05) is 32.7 Å². The van der Waals surface area contributed by atoms with Gasteiger partial charge in [0.25, 0.3) is 0 Å². The number of carbonyl (C=O) groups is 1.